The first kappa shape index (κ1) is 15.2. The van der Waals surface area contributed by atoms with Gasteiger partial charge in [0.15, 0.2) is 5.82 Å². The molecule has 1 aliphatic rings. The number of aromatic nitrogens is 2. The van der Waals surface area contributed by atoms with Gasteiger partial charge in [0.1, 0.15) is 6.33 Å². The maximum absolute atomic E-state index is 14.5. The lowest BCUT2D eigenvalue weighted by Gasteiger charge is -2.28. The summed E-state index contributed by atoms with van der Waals surface area (Å²) in [4.78, 5) is 16.2. The molecule has 0 bridgehead atoms. The highest BCUT2D eigenvalue weighted by Gasteiger charge is 2.40. The number of nitrogens with zero attached hydrogens (tertiary/aromatic N) is 3. The zero-order valence-corrected chi connectivity index (χ0v) is 12.4. The molecule has 1 amide bonds. The van der Waals surface area contributed by atoms with Gasteiger partial charge in [-0.3, -0.25) is 4.79 Å². The number of nitrogens with one attached hydrogen (secondary N) is 2. The summed E-state index contributed by atoms with van der Waals surface area (Å²) in [6.07, 6.45) is 3.93. The van der Waals surface area contributed by atoms with Gasteiger partial charge in [0, 0.05) is 12.2 Å². The molecule has 1 aromatic carbocycles. The van der Waals surface area contributed by atoms with Gasteiger partial charge in [-0.15, -0.1) is 0 Å². The summed E-state index contributed by atoms with van der Waals surface area (Å²) in [6, 6.07) is 9.04. The molecule has 1 unspecified atom stereocenters. The third kappa shape index (κ3) is 3.22. The van der Waals surface area contributed by atoms with Crippen molar-refractivity contribution >= 4 is 11.7 Å². The largest absolute Gasteiger partial charge is 0.313 e. The Morgan fingerprint density at radius 2 is 2.39 bits per heavy atom. The number of hydrogen-bond acceptors (Lipinski definition) is 4. The van der Waals surface area contributed by atoms with Crippen LogP contribution in [-0.2, 0) is 4.79 Å². The van der Waals surface area contributed by atoms with E-state index in [9.17, 15) is 9.18 Å². The Hall–Kier alpha value is -2.72. The minimum Gasteiger partial charge on any atom is -0.313 e. The van der Waals surface area contributed by atoms with Crippen LogP contribution in [0.15, 0.2) is 36.8 Å². The first-order valence-electron chi connectivity index (χ1n) is 7.36. The summed E-state index contributed by atoms with van der Waals surface area (Å²) in [5.74, 6) is -0.402. The van der Waals surface area contributed by atoms with Gasteiger partial charge in [-0.05, 0) is 37.6 Å². The number of carbonyl (C=O) groups excluding carboxylic acids is 1. The molecule has 1 aromatic heterocycles. The number of piperidine rings is 1. The minimum atomic E-state index is -1.90. The highest BCUT2D eigenvalue weighted by atomic mass is 19.1. The fraction of sp³-hybridized carbons (Fsp3) is 0.312. The molecule has 0 radical (unpaired) electrons. The van der Waals surface area contributed by atoms with Crippen molar-refractivity contribution in [2.45, 2.75) is 18.5 Å². The molecule has 3 rings (SSSR count). The van der Waals surface area contributed by atoms with Gasteiger partial charge in [0.2, 0.25) is 5.67 Å². The Balaban J connectivity index is 1.74. The zero-order chi connectivity index (χ0) is 16.3. The molecule has 2 aromatic rings. The molecule has 0 saturated carbocycles. The van der Waals surface area contributed by atoms with Gasteiger partial charge in [-0.25, -0.2) is 9.37 Å². The molecule has 1 fully saturated rings. The third-order valence-electron chi connectivity index (χ3n) is 3.84. The standard InChI is InChI=1S/C16H16FN5O/c17-16(5-2-6-19-10-16)15(23)21-14-9-22(11-20-14)13-4-1-3-12(7-13)8-18/h1,3-4,7,9,11,19H,2,5-6,10H2,(H,21,23). The van der Waals surface area contributed by atoms with E-state index in [1.54, 1.807) is 29.0 Å². The van der Waals surface area contributed by atoms with Gasteiger partial charge in [-0.2, -0.15) is 5.26 Å². The summed E-state index contributed by atoms with van der Waals surface area (Å²) in [6.45, 7) is 0.743. The van der Waals surface area contributed by atoms with Crippen LogP contribution in [0.3, 0.4) is 0 Å². The van der Waals surface area contributed by atoms with Crippen LogP contribution in [0.5, 0.6) is 0 Å². The van der Waals surface area contributed by atoms with E-state index in [-0.39, 0.29) is 18.8 Å². The molecule has 0 aliphatic carbocycles. The van der Waals surface area contributed by atoms with E-state index < -0.39 is 11.6 Å². The summed E-state index contributed by atoms with van der Waals surface area (Å²) < 4.78 is 16.2. The van der Waals surface area contributed by atoms with Gasteiger partial charge in [0.25, 0.3) is 5.91 Å². The van der Waals surface area contributed by atoms with E-state index in [4.69, 9.17) is 5.26 Å². The Morgan fingerprint density at radius 1 is 1.52 bits per heavy atom. The summed E-state index contributed by atoms with van der Waals surface area (Å²) in [5.41, 5.74) is -0.632. The molecule has 1 saturated heterocycles. The number of nitriles is 1. The Kier molecular flexibility index (Phi) is 4.08. The highest BCUT2D eigenvalue weighted by Crippen LogP contribution is 2.23. The highest BCUT2D eigenvalue weighted by molar-refractivity contribution is 5.96. The van der Waals surface area contributed by atoms with E-state index in [0.717, 1.165) is 12.2 Å². The van der Waals surface area contributed by atoms with Crippen LogP contribution in [-0.4, -0.2) is 34.2 Å². The lowest BCUT2D eigenvalue weighted by Crippen LogP contribution is -2.50. The zero-order valence-electron chi connectivity index (χ0n) is 12.4. The quantitative estimate of drug-likeness (QED) is 0.905. The van der Waals surface area contributed by atoms with Crippen LogP contribution in [0.25, 0.3) is 5.69 Å². The number of alkyl halides is 1. The average molecular weight is 313 g/mol. The normalized spacial score (nSPS) is 20.7. The predicted molar refractivity (Wildman–Crippen MR) is 82.9 cm³/mol. The van der Waals surface area contributed by atoms with Gasteiger partial charge in [-0.1, -0.05) is 6.07 Å². The fourth-order valence-electron chi connectivity index (χ4n) is 2.56. The summed E-state index contributed by atoms with van der Waals surface area (Å²) >= 11 is 0. The molecule has 1 atom stereocenters. The molecular formula is C16H16FN5O. The maximum Gasteiger partial charge on any atom is 0.264 e. The van der Waals surface area contributed by atoms with Crippen LogP contribution in [0.2, 0.25) is 0 Å². The SMILES string of the molecule is N#Cc1cccc(-n2cnc(NC(=O)C3(F)CCCNC3)c2)c1. The fourth-order valence-corrected chi connectivity index (χ4v) is 2.56. The average Bonchev–Trinajstić information content (AvgIpc) is 3.04. The number of imidazole rings is 1. The van der Waals surface area contributed by atoms with Crippen LogP contribution >= 0.6 is 0 Å². The van der Waals surface area contributed by atoms with E-state index >= 15 is 0 Å². The number of hydrogen-bond donors (Lipinski definition) is 2. The minimum absolute atomic E-state index is 0.0176. The molecule has 23 heavy (non-hydrogen) atoms. The molecule has 2 heterocycles. The Morgan fingerprint density at radius 3 is 3.13 bits per heavy atom. The number of rotatable bonds is 3. The van der Waals surface area contributed by atoms with Gasteiger partial charge < -0.3 is 15.2 Å². The van der Waals surface area contributed by atoms with Gasteiger partial charge in [0.05, 0.1) is 17.8 Å². The Bertz CT molecular complexity index is 758. The van der Waals surface area contributed by atoms with Crippen LogP contribution in [0.4, 0.5) is 10.2 Å². The lowest BCUT2D eigenvalue weighted by molar-refractivity contribution is -0.128. The smallest absolute Gasteiger partial charge is 0.264 e. The first-order valence-corrected chi connectivity index (χ1v) is 7.36. The van der Waals surface area contributed by atoms with Crippen molar-refractivity contribution in [3.05, 3.63) is 42.4 Å². The number of benzene rings is 1. The molecule has 7 heteroatoms. The van der Waals surface area contributed by atoms with Crippen LogP contribution in [0.1, 0.15) is 18.4 Å². The Labute approximate surface area is 132 Å². The molecule has 118 valence electrons. The van der Waals surface area contributed by atoms with Crippen molar-refractivity contribution in [1.29, 1.82) is 5.26 Å². The molecule has 0 spiro atoms. The van der Waals surface area contributed by atoms with Crippen molar-refractivity contribution in [2.75, 3.05) is 18.4 Å². The van der Waals surface area contributed by atoms with E-state index in [2.05, 4.69) is 21.7 Å². The topological polar surface area (TPSA) is 82.7 Å². The van der Waals surface area contributed by atoms with Crippen molar-refractivity contribution in [3.63, 3.8) is 0 Å². The van der Waals surface area contributed by atoms with E-state index in [1.165, 1.54) is 6.33 Å². The third-order valence-corrected chi connectivity index (χ3v) is 3.84. The molecule has 2 N–H and O–H groups in total. The molecular weight excluding hydrogens is 297 g/mol. The number of amides is 1. The van der Waals surface area contributed by atoms with Crippen molar-refractivity contribution in [2.24, 2.45) is 0 Å². The van der Waals surface area contributed by atoms with Crippen LogP contribution < -0.4 is 10.6 Å². The number of halogens is 1. The monoisotopic (exact) mass is 313 g/mol. The van der Waals surface area contributed by atoms with Crippen molar-refractivity contribution < 1.29 is 9.18 Å². The summed E-state index contributed by atoms with van der Waals surface area (Å²) in [7, 11) is 0. The van der Waals surface area contributed by atoms with Crippen molar-refractivity contribution in [1.82, 2.24) is 14.9 Å². The second-order valence-electron chi connectivity index (χ2n) is 5.53. The molecule has 6 nitrogen and oxygen atoms in total. The van der Waals surface area contributed by atoms with E-state index in [0.29, 0.717) is 12.0 Å². The number of carbonyl (C=O) groups is 1. The molecule has 1 aliphatic heterocycles. The lowest BCUT2D eigenvalue weighted by atomic mass is 9.95. The first-order chi connectivity index (χ1) is 11.1. The van der Waals surface area contributed by atoms with E-state index in [1.807, 2.05) is 6.07 Å². The predicted octanol–water partition coefficient (Wildman–Crippen LogP) is 1.77. The second kappa shape index (κ2) is 6.18. The van der Waals surface area contributed by atoms with Gasteiger partial charge >= 0.3 is 0 Å². The number of anilines is 1. The summed E-state index contributed by atoms with van der Waals surface area (Å²) in [5, 5.41) is 14.3. The second-order valence-corrected chi connectivity index (χ2v) is 5.53. The maximum atomic E-state index is 14.5. The van der Waals surface area contributed by atoms with Crippen molar-refractivity contribution in [3.8, 4) is 11.8 Å². The van der Waals surface area contributed by atoms with Crippen LogP contribution in [0, 0.1) is 11.3 Å².